The summed E-state index contributed by atoms with van der Waals surface area (Å²) in [6, 6.07) is 5.76. The number of benzene rings is 1. The average Bonchev–Trinajstić information content (AvgIpc) is 2.77. The van der Waals surface area contributed by atoms with Crippen LogP contribution in [0.25, 0.3) is 0 Å². The molecule has 1 aromatic rings. The van der Waals surface area contributed by atoms with Crippen molar-refractivity contribution < 1.29 is 4.79 Å². The zero-order chi connectivity index (χ0) is 13.1. The van der Waals surface area contributed by atoms with Crippen molar-refractivity contribution >= 4 is 27.5 Å². The summed E-state index contributed by atoms with van der Waals surface area (Å²) < 4.78 is 0.768. The first-order chi connectivity index (χ1) is 8.63. The predicted octanol–water partition coefficient (Wildman–Crippen LogP) is 1.59. The minimum atomic E-state index is -0.380. The number of anilines is 1. The van der Waals surface area contributed by atoms with Crippen molar-refractivity contribution in [2.24, 2.45) is 11.7 Å². The van der Waals surface area contributed by atoms with Gasteiger partial charge in [-0.25, -0.2) is 0 Å². The maximum absolute atomic E-state index is 11.6. The lowest BCUT2D eigenvalue weighted by molar-refractivity contribution is 0.1000. The van der Waals surface area contributed by atoms with E-state index in [0.717, 1.165) is 36.2 Å². The molecule has 1 aliphatic heterocycles. The number of carbonyl (C=O) groups excluding carboxylic acids is 1. The molecule has 0 spiro atoms. The van der Waals surface area contributed by atoms with Crippen molar-refractivity contribution in [3.05, 3.63) is 28.2 Å². The number of halogens is 1. The summed E-state index contributed by atoms with van der Waals surface area (Å²) >= 11 is 3.40. The molecule has 1 atom stereocenters. The molecular formula is C13H18BrN3O. The van der Waals surface area contributed by atoms with E-state index in [4.69, 9.17) is 5.73 Å². The molecule has 98 valence electrons. The minimum Gasteiger partial charge on any atom is -0.371 e. The van der Waals surface area contributed by atoms with Gasteiger partial charge in [0.1, 0.15) is 0 Å². The van der Waals surface area contributed by atoms with Crippen LogP contribution in [0, 0.1) is 5.92 Å². The Bertz CT molecular complexity index is 450. The van der Waals surface area contributed by atoms with Gasteiger partial charge in [-0.3, -0.25) is 4.79 Å². The van der Waals surface area contributed by atoms with Crippen LogP contribution in [0.3, 0.4) is 0 Å². The fraction of sp³-hybridized carbons (Fsp3) is 0.462. The van der Waals surface area contributed by atoms with Crippen LogP contribution in [-0.4, -0.2) is 32.6 Å². The third-order valence-electron chi connectivity index (χ3n) is 3.36. The smallest absolute Gasteiger partial charge is 0.251 e. The maximum atomic E-state index is 11.6. The van der Waals surface area contributed by atoms with Gasteiger partial charge in [-0.15, -0.1) is 0 Å². The highest BCUT2D eigenvalue weighted by Gasteiger charge is 2.25. The Kier molecular flexibility index (Phi) is 4.24. The van der Waals surface area contributed by atoms with Crippen molar-refractivity contribution in [3.8, 4) is 0 Å². The third kappa shape index (κ3) is 2.67. The fourth-order valence-corrected chi connectivity index (χ4v) is 3.08. The summed E-state index contributed by atoms with van der Waals surface area (Å²) in [5, 5.41) is 3.20. The Morgan fingerprint density at radius 2 is 2.39 bits per heavy atom. The van der Waals surface area contributed by atoms with Crippen LogP contribution in [0.1, 0.15) is 16.8 Å². The first kappa shape index (κ1) is 13.4. The van der Waals surface area contributed by atoms with E-state index in [1.54, 1.807) is 0 Å². The Balaban J connectivity index is 2.24. The van der Waals surface area contributed by atoms with Gasteiger partial charge in [0.15, 0.2) is 0 Å². The number of amides is 1. The highest BCUT2D eigenvalue weighted by atomic mass is 79.9. The molecule has 1 aromatic carbocycles. The number of hydrogen-bond acceptors (Lipinski definition) is 3. The first-order valence-electron chi connectivity index (χ1n) is 6.11. The molecule has 1 saturated heterocycles. The van der Waals surface area contributed by atoms with Gasteiger partial charge in [-0.05, 0) is 54.0 Å². The van der Waals surface area contributed by atoms with E-state index in [2.05, 4.69) is 26.1 Å². The molecule has 0 aliphatic carbocycles. The first-order valence-corrected chi connectivity index (χ1v) is 6.90. The number of rotatable bonds is 4. The maximum Gasteiger partial charge on any atom is 0.251 e. The predicted molar refractivity (Wildman–Crippen MR) is 76.9 cm³/mol. The number of nitrogens with zero attached hydrogens (tertiary/aromatic N) is 1. The number of carbonyl (C=O) groups is 1. The second-order valence-electron chi connectivity index (χ2n) is 4.66. The molecule has 3 N–H and O–H groups in total. The van der Waals surface area contributed by atoms with Crippen molar-refractivity contribution in [3.63, 3.8) is 0 Å². The van der Waals surface area contributed by atoms with Gasteiger partial charge >= 0.3 is 0 Å². The molecule has 4 nitrogen and oxygen atoms in total. The van der Waals surface area contributed by atoms with Crippen molar-refractivity contribution in [2.45, 2.75) is 6.42 Å². The molecule has 1 fully saturated rings. The zero-order valence-electron chi connectivity index (χ0n) is 10.4. The molecule has 1 unspecified atom stereocenters. The average molecular weight is 312 g/mol. The van der Waals surface area contributed by atoms with E-state index in [0.29, 0.717) is 11.5 Å². The van der Waals surface area contributed by atoms with E-state index in [1.807, 2.05) is 25.2 Å². The summed E-state index contributed by atoms with van der Waals surface area (Å²) in [4.78, 5) is 13.8. The van der Waals surface area contributed by atoms with Crippen molar-refractivity contribution in [2.75, 3.05) is 31.6 Å². The van der Waals surface area contributed by atoms with Crippen LogP contribution in [0.4, 0.5) is 5.69 Å². The Morgan fingerprint density at radius 3 is 3.06 bits per heavy atom. The van der Waals surface area contributed by atoms with E-state index in [-0.39, 0.29) is 5.91 Å². The van der Waals surface area contributed by atoms with E-state index in [1.165, 1.54) is 0 Å². The molecule has 1 aliphatic rings. The minimum absolute atomic E-state index is 0.380. The second-order valence-corrected chi connectivity index (χ2v) is 5.51. The topological polar surface area (TPSA) is 58.4 Å². The van der Waals surface area contributed by atoms with E-state index < -0.39 is 0 Å². The lowest BCUT2D eigenvalue weighted by Gasteiger charge is -2.21. The van der Waals surface area contributed by atoms with E-state index >= 15 is 0 Å². The Morgan fingerprint density at radius 1 is 1.61 bits per heavy atom. The molecule has 0 aromatic heterocycles. The number of hydrogen-bond donors (Lipinski definition) is 2. The van der Waals surface area contributed by atoms with Gasteiger partial charge in [0.25, 0.3) is 5.91 Å². The quantitative estimate of drug-likeness (QED) is 0.888. The lowest BCUT2D eigenvalue weighted by atomic mass is 10.1. The van der Waals surface area contributed by atoms with Crippen molar-refractivity contribution in [1.29, 1.82) is 0 Å². The molecule has 1 amide bonds. The van der Waals surface area contributed by atoms with Crippen LogP contribution in [0.15, 0.2) is 22.7 Å². The Labute approximate surface area is 116 Å². The monoisotopic (exact) mass is 311 g/mol. The third-order valence-corrected chi connectivity index (χ3v) is 4.02. The van der Waals surface area contributed by atoms with E-state index in [9.17, 15) is 4.79 Å². The van der Waals surface area contributed by atoms with Gasteiger partial charge in [0.05, 0.1) is 11.3 Å². The van der Waals surface area contributed by atoms with Crippen molar-refractivity contribution in [1.82, 2.24) is 5.32 Å². The number of nitrogens with two attached hydrogens (primary N) is 1. The molecule has 0 saturated carbocycles. The zero-order valence-corrected chi connectivity index (χ0v) is 12.0. The normalized spacial score (nSPS) is 19.2. The van der Waals surface area contributed by atoms with Gasteiger partial charge in [0, 0.05) is 17.6 Å². The summed E-state index contributed by atoms with van der Waals surface area (Å²) in [7, 11) is 1.97. The van der Waals surface area contributed by atoms with Gasteiger partial charge in [-0.2, -0.15) is 0 Å². The molecule has 0 bridgehead atoms. The molecule has 5 heteroatoms. The molecule has 1 heterocycles. The number of nitrogens with one attached hydrogen (secondary N) is 1. The summed E-state index contributed by atoms with van der Waals surface area (Å²) in [6.07, 6.45) is 1.14. The standard InChI is InChI=1S/C13H18BrN3O/c1-16-7-9-5-6-17(8-9)11-4-2-3-10(14)12(11)13(15)18/h2-4,9,16H,5-8H2,1H3,(H2,15,18). The van der Waals surface area contributed by atoms with Gasteiger partial charge in [-0.1, -0.05) is 6.07 Å². The summed E-state index contributed by atoms with van der Waals surface area (Å²) in [5.41, 5.74) is 6.99. The van der Waals surface area contributed by atoms with Crippen LogP contribution < -0.4 is 16.0 Å². The van der Waals surface area contributed by atoms with Crippen LogP contribution in [0.5, 0.6) is 0 Å². The summed E-state index contributed by atoms with van der Waals surface area (Å²) in [6.45, 7) is 2.96. The molecular weight excluding hydrogens is 294 g/mol. The second kappa shape index (κ2) is 5.71. The van der Waals surface area contributed by atoms with Gasteiger partial charge < -0.3 is 16.0 Å². The van der Waals surface area contributed by atoms with Crippen LogP contribution >= 0.6 is 15.9 Å². The highest BCUT2D eigenvalue weighted by molar-refractivity contribution is 9.10. The van der Waals surface area contributed by atoms with Crippen LogP contribution in [0.2, 0.25) is 0 Å². The molecule has 0 radical (unpaired) electrons. The largest absolute Gasteiger partial charge is 0.371 e. The fourth-order valence-electron chi connectivity index (χ4n) is 2.53. The number of primary amides is 1. The molecule has 18 heavy (non-hydrogen) atoms. The molecule has 2 rings (SSSR count). The van der Waals surface area contributed by atoms with Crippen LogP contribution in [-0.2, 0) is 0 Å². The van der Waals surface area contributed by atoms with Gasteiger partial charge in [0.2, 0.25) is 0 Å². The highest BCUT2D eigenvalue weighted by Crippen LogP contribution is 2.31. The lowest BCUT2D eigenvalue weighted by Crippen LogP contribution is -2.26. The summed E-state index contributed by atoms with van der Waals surface area (Å²) in [5.74, 6) is 0.254. The Hall–Kier alpha value is -1.07. The SMILES string of the molecule is CNCC1CCN(c2cccc(Br)c2C(N)=O)C1.